The van der Waals surface area contributed by atoms with Gasteiger partial charge < -0.3 is 5.73 Å². The Labute approximate surface area is 111 Å². The molecular formula is C14H14ClN3. The van der Waals surface area contributed by atoms with E-state index in [0.717, 1.165) is 46.7 Å². The number of benzene rings is 1. The topological polar surface area (TPSA) is 51.8 Å². The van der Waals surface area contributed by atoms with Gasteiger partial charge in [0.15, 0.2) is 5.82 Å². The second-order valence-electron chi connectivity index (χ2n) is 4.67. The molecule has 0 saturated heterocycles. The minimum Gasteiger partial charge on any atom is -0.383 e. The number of fused-ring (bicyclic) bond motifs is 1. The fraction of sp³-hybridized carbons (Fsp3) is 0.286. The van der Waals surface area contributed by atoms with Crippen LogP contribution in [0.1, 0.15) is 23.2 Å². The second kappa shape index (κ2) is 4.25. The molecule has 0 bridgehead atoms. The van der Waals surface area contributed by atoms with Crippen LogP contribution < -0.4 is 5.73 Å². The maximum Gasteiger partial charge on any atom is 0.162 e. The SMILES string of the molecule is Cc1cc(Cl)ccc1-c1nc(N)c2c(n1)CCC2. The Morgan fingerprint density at radius 2 is 2.06 bits per heavy atom. The van der Waals surface area contributed by atoms with Gasteiger partial charge in [-0.15, -0.1) is 0 Å². The molecule has 92 valence electrons. The van der Waals surface area contributed by atoms with Gasteiger partial charge in [-0.1, -0.05) is 11.6 Å². The van der Waals surface area contributed by atoms with Crippen LogP contribution in [-0.2, 0) is 12.8 Å². The highest BCUT2D eigenvalue weighted by molar-refractivity contribution is 6.30. The molecule has 1 aromatic heterocycles. The number of rotatable bonds is 1. The lowest BCUT2D eigenvalue weighted by molar-refractivity contribution is 0.900. The van der Waals surface area contributed by atoms with Gasteiger partial charge >= 0.3 is 0 Å². The lowest BCUT2D eigenvalue weighted by atomic mass is 10.1. The lowest BCUT2D eigenvalue weighted by Crippen LogP contribution is -2.03. The van der Waals surface area contributed by atoms with Crippen LogP contribution in [0.25, 0.3) is 11.4 Å². The Hall–Kier alpha value is -1.61. The predicted molar refractivity (Wildman–Crippen MR) is 73.7 cm³/mol. The van der Waals surface area contributed by atoms with Crippen molar-refractivity contribution in [2.75, 3.05) is 5.73 Å². The van der Waals surface area contributed by atoms with Crippen molar-refractivity contribution in [2.24, 2.45) is 0 Å². The molecule has 0 spiro atoms. The van der Waals surface area contributed by atoms with Crippen LogP contribution >= 0.6 is 11.6 Å². The molecule has 0 atom stereocenters. The van der Waals surface area contributed by atoms with Crippen molar-refractivity contribution in [3.05, 3.63) is 40.0 Å². The summed E-state index contributed by atoms with van der Waals surface area (Å²) in [5.41, 5.74) is 10.3. The van der Waals surface area contributed by atoms with Crippen LogP contribution in [0.15, 0.2) is 18.2 Å². The fourth-order valence-electron chi connectivity index (χ4n) is 2.46. The van der Waals surface area contributed by atoms with Crippen LogP contribution in [0, 0.1) is 6.92 Å². The highest BCUT2D eigenvalue weighted by atomic mass is 35.5. The zero-order chi connectivity index (χ0) is 12.7. The molecule has 1 aromatic carbocycles. The number of nitrogen functional groups attached to an aromatic ring is 1. The maximum absolute atomic E-state index is 6.01. The van der Waals surface area contributed by atoms with Crippen molar-refractivity contribution in [1.29, 1.82) is 0 Å². The number of anilines is 1. The van der Waals surface area contributed by atoms with Gasteiger partial charge in [-0.2, -0.15) is 0 Å². The van der Waals surface area contributed by atoms with Gasteiger partial charge in [0.25, 0.3) is 0 Å². The standard InChI is InChI=1S/C14H14ClN3/c1-8-7-9(15)5-6-10(8)14-17-12-4-2-3-11(12)13(16)18-14/h5-7H,2-4H2,1H3,(H2,16,17,18). The number of halogens is 1. The number of hydrogen-bond acceptors (Lipinski definition) is 3. The minimum absolute atomic E-state index is 0.627. The molecule has 0 fully saturated rings. The average Bonchev–Trinajstić information content (AvgIpc) is 2.77. The first-order chi connectivity index (χ1) is 8.65. The van der Waals surface area contributed by atoms with Gasteiger partial charge in [-0.25, -0.2) is 9.97 Å². The summed E-state index contributed by atoms with van der Waals surface area (Å²) in [7, 11) is 0. The second-order valence-corrected chi connectivity index (χ2v) is 5.11. The van der Waals surface area contributed by atoms with Crippen molar-refractivity contribution in [3.8, 4) is 11.4 Å². The molecule has 2 N–H and O–H groups in total. The Balaban J connectivity index is 2.15. The maximum atomic E-state index is 6.01. The van der Waals surface area contributed by atoms with Gasteiger partial charge in [-0.3, -0.25) is 0 Å². The quantitative estimate of drug-likeness (QED) is 0.856. The number of aryl methyl sites for hydroxylation is 2. The van der Waals surface area contributed by atoms with E-state index in [2.05, 4.69) is 9.97 Å². The third-order valence-electron chi connectivity index (χ3n) is 3.39. The summed E-state index contributed by atoms with van der Waals surface area (Å²) in [4.78, 5) is 9.07. The Morgan fingerprint density at radius 1 is 1.22 bits per heavy atom. The van der Waals surface area contributed by atoms with E-state index in [1.807, 2.05) is 25.1 Å². The molecule has 3 rings (SSSR count). The molecule has 2 aromatic rings. The summed E-state index contributed by atoms with van der Waals surface area (Å²) in [5, 5.41) is 0.727. The minimum atomic E-state index is 0.627. The molecule has 0 amide bonds. The fourth-order valence-corrected chi connectivity index (χ4v) is 2.69. The zero-order valence-corrected chi connectivity index (χ0v) is 11.0. The first-order valence-electron chi connectivity index (χ1n) is 6.07. The van der Waals surface area contributed by atoms with Crippen molar-refractivity contribution >= 4 is 17.4 Å². The van der Waals surface area contributed by atoms with Crippen LogP contribution in [0.5, 0.6) is 0 Å². The first-order valence-corrected chi connectivity index (χ1v) is 6.45. The monoisotopic (exact) mass is 259 g/mol. The smallest absolute Gasteiger partial charge is 0.162 e. The molecule has 0 unspecified atom stereocenters. The van der Waals surface area contributed by atoms with Crippen LogP contribution in [0.3, 0.4) is 0 Å². The molecule has 3 nitrogen and oxygen atoms in total. The molecule has 0 aliphatic heterocycles. The lowest BCUT2D eigenvalue weighted by Gasteiger charge is -2.09. The molecule has 4 heteroatoms. The van der Waals surface area contributed by atoms with Crippen molar-refractivity contribution in [2.45, 2.75) is 26.2 Å². The van der Waals surface area contributed by atoms with E-state index >= 15 is 0 Å². The molecule has 0 radical (unpaired) electrons. The van der Waals surface area contributed by atoms with E-state index in [1.165, 1.54) is 0 Å². The van der Waals surface area contributed by atoms with Crippen LogP contribution in [0.2, 0.25) is 5.02 Å². The first kappa shape index (κ1) is 11.5. The number of hydrogen-bond donors (Lipinski definition) is 1. The summed E-state index contributed by atoms with van der Waals surface area (Å²) < 4.78 is 0. The third kappa shape index (κ3) is 1.85. The highest BCUT2D eigenvalue weighted by Crippen LogP contribution is 2.29. The molecule has 1 aliphatic carbocycles. The zero-order valence-electron chi connectivity index (χ0n) is 10.2. The molecule has 0 saturated carbocycles. The number of nitrogens with zero attached hydrogens (tertiary/aromatic N) is 2. The molecule has 18 heavy (non-hydrogen) atoms. The summed E-state index contributed by atoms with van der Waals surface area (Å²) in [6.07, 6.45) is 3.13. The van der Waals surface area contributed by atoms with Crippen LogP contribution in [-0.4, -0.2) is 9.97 Å². The Morgan fingerprint density at radius 3 is 2.83 bits per heavy atom. The summed E-state index contributed by atoms with van der Waals surface area (Å²) in [5.74, 6) is 1.34. The van der Waals surface area contributed by atoms with Crippen LogP contribution in [0.4, 0.5) is 5.82 Å². The number of nitrogens with two attached hydrogens (primary N) is 1. The third-order valence-corrected chi connectivity index (χ3v) is 3.63. The van der Waals surface area contributed by atoms with Gasteiger partial charge in [0, 0.05) is 21.8 Å². The highest BCUT2D eigenvalue weighted by Gasteiger charge is 2.18. The van der Waals surface area contributed by atoms with Crippen molar-refractivity contribution in [1.82, 2.24) is 9.97 Å². The van der Waals surface area contributed by atoms with Crippen molar-refractivity contribution in [3.63, 3.8) is 0 Å². The van der Waals surface area contributed by atoms with Crippen molar-refractivity contribution < 1.29 is 0 Å². The average molecular weight is 260 g/mol. The molecule has 1 heterocycles. The van der Waals surface area contributed by atoms with Gasteiger partial charge in [-0.05, 0) is 49.9 Å². The number of aromatic nitrogens is 2. The van der Waals surface area contributed by atoms with E-state index in [0.29, 0.717) is 11.6 Å². The summed E-state index contributed by atoms with van der Waals surface area (Å²) in [6, 6.07) is 5.73. The normalized spacial score (nSPS) is 13.7. The van der Waals surface area contributed by atoms with Gasteiger partial charge in [0.1, 0.15) is 5.82 Å². The van der Waals surface area contributed by atoms with Gasteiger partial charge in [0.05, 0.1) is 0 Å². The van der Waals surface area contributed by atoms with E-state index in [-0.39, 0.29) is 0 Å². The largest absolute Gasteiger partial charge is 0.383 e. The van der Waals surface area contributed by atoms with Gasteiger partial charge in [0.2, 0.25) is 0 Å². The van der Waals surface area contributed by atoms with E-state index in [4.69, 9.17) is 17.3 Å². The predicted octanol–water partition coefficient (Wildman–Crippen LogP) is 3.18. The summed E-state index contributed by atoms with van der Waals surface area (Å²) >= 11 is 5.96. The van der Waals surface area contributed by atoms with E-state index < -0.39 is 0 Å². The Kier molecular flexibility index (Phi) is 2.71. The molecular weight excluding hydrogens is 246 g/mol. The molecule has 1 aliphatic rings. The summed E-state index contributed by atoms with van der Waals surface area (Å²) in [6.45, 7) is 2.01. The van der Waals surface area contributed by atoms with E-state index in [9.17, 15) is 0 Å². The Bertz CT molecular complexity index is 623. The van der Waals surface area contributed by atoms with E-state index in [1.54, 1.807) is 0 Å².